The largest absolute Gasteiger partial charge is 0.422 e. The summed E-state index contributed by atoms with van der Waals surface area (Å²) in [5.74, 6) is -5.78. The Bertz CT molecular complexity index is 969. The molecule has 0 bridgehead atoms. The fourth-order valence-corrected chi connectivity index (χ4v) is 5.44. The van der Waals surface area contributed by atoms with Crippen LogP contribution in [0.25, 0.3) is 0 Å². The molecule has 0 amide bonds. The van der Waals surface area contributed by atoms with Gasteiger partial charge < -0.3 is 0 Å². The number of halogens is 7. The van der Waals surface area contributed by atoms with Crippen molar-refractivity contribution in [3.63, 3.8) is 0 Å². The fourth-order valence-electron chi connectivity index (χ4n) is 5.44. The zero-order valence-corrected chi connectivity index (χ0v) is 15.9. The fraction of sp³-hybridized carbons (Fsp3) is 0.391. The molecule has 7 heteroatoms. The molecule has 4 rings (SSSR count). The van der Waals surface area contributed by atoms with Crippen molar-refractivity contribution in [3.05, 3.63) is 82.4 Å². The lowest BCUT2D eigenvalue weighted by atomic mass is 9.58. The maximum atomic E-state index is 14.3. The van der Waals surface area contributed by atoms with Crippen LogP contribution < -0.4 is 0 Å². The highest BCUT2D eigenvalue weighted by Gasteiger charge is 2.44. The Morgan fingerprint density at radius 3 is 2.13 bits per heavy atom. The van der Waals surface area contributed by atoms with Crippen LogP contribution in [0.1, 0.15) is 53.4 Å². The van der Waals surface area contributed by atoms with E-state index in [-0.39, 0.29) is 23.3 Å². The van der Waals surface area contributed by atoms with Gasteiger partial charge in [-0.3, -0.25) is 0 Å². The molecule has 0 spiro atoms. The van der Waals surface area contributed by atoms with E-state index in [9.17, 15) is 30.7 Å². The van der Waals surface area contributed by atoms with E-state index >= 15 is 0 Å². The molecule has 0 aromatic heterocycles. The Labute approximate surface area is 169 Å². The Hall–Kier alpha value is -2.31. The molecule has 0 heterocycles. The smallest absolute Gasteiger partial charge is 0.207 e. The lowest BCUT2D eigenvalue weighted by molar-refractivity contribution is -0.142. The van der Waals surface area contributed by atoms with E-state index in [0.717, 1.165) is 18.2 Å². The van der Waals surface area contributed by atoms with Crippen molar-refractivity contribution < 1.29 is 30.7 Å². The van der Waals surface area contributed by atoms with Crippen molar-refractivity contribution >= 4 is 0 Å². The van der Waals surface area contributed by atoms with Crippen molar-refractivity contribution in [2.24, 2.45) is 11.8 Å². The highest BCUT2D eigenvalue weighted by Crippen LogP contribution is 2.54. The summed E-state index contributed by atoms with van der Waals surface area (Å²) in [4.78, 5) is 0. The van der Waals surface area contributed by atoms with Crippen LogP contribution >= 0.6 is 0 Å². The Morgan fingerprint density at radius 2 is 1.53 bits per heavy atom. The number of benzene rings is 2. The maximum Gasteiger partial charge on any atom is 0.422 e. The molecule has 0 radical (unpaired) electrons. The van der Waals surface area contributed by atoms with E-state index < -0.39 is 40.9 Å². The summed E-state index contributed by atoms with van der Waals surface area (Å²) in [5.41, 5.74) is -0.799. The van der Waals surface area contributed by atoms with Crippen LogP contribution in [-0.4, -0.2) is 0 Å². The predicted octanol–water partition coefficient (Wildman–Crippen LogP) is 7.29. The minimum Gasteiger partial charge on any atom is -0.207 e. The maximum absolute atomic E-state index is 14.3. The highest BCUT2D eigenvalue weighted by molar-refractivity contribution is 5.39. The highest BCUT2D eigenvalue weighted by atomic mass is 19.4. The first-order valence-corrected chi connectivity index (χ1v) is 9.78. The molecule has 0 saturated heterocycles. The molecule has 1 saturated carbocycles. The van der Waals surface area contributed by atoms with Gasteiger partial charge in [-0.2, -0.15) is 13.2 Å². The van der Waals surface area contributed by atoms with Crippen molar-refractivity contribution in [3.8, 4) is 0 Å². The summed E-state index contributed by atoms with van der Waals surface area (Å²) in [7, 11) is 0. The Morgan fingerprint density at radius 1 is 0.867 bits per heavy atom. The van der Waals surface area contributed by atoms with Gasteiger partial charge in [0.2, 0.25) is 0 Å². The molecule has 2 aliphatic rings. The average molecular weight is 428 g/mol. The third-order valence-electron chi connectivity index (χ3n) is 6.61. The molecular formula is C23H19F7. The second-order valence-corrected chi connectivity index (χ2v) is 8.12. The number of fused-ring (bicyclic) bond motifs is 3. The topological polar surface area (TPSA) is 0 Å². The van der Waals surface area contributed by atoms with Crippen molar-refractivity contribution in [1.29, 1.82) is 0 Å². The summed E-state index contributed by atoms with van der Waals surface area (Å²) in [6.07, 6.45) is -1.51. The summed E-state index contributed by atoms with van der Waals surface area (Å²) in [6, 6.07) is 3.63. The molecule has 2 aliphatic carbocycles. The minimum atomic E-state index is -5.14. The van der Waals surface area contributed by atoms with Crippen LogP contribution in [0, 0.1) is 35.1 Å². The molecule has 0 unspecified atom stereocenters. The summed E-state index contributed by atoms with van der Waals surface area (Å²) in [6.45, 7) is 3.78. The summed E-state index contributed by atoms with van der Waals surface area (Å²) in [5, 5.41) is 0. The first kappa shape index (κ1) is 20.9. The average Bonchev–Trinajstić information content (AvgIpc) is 2.64. The molecular weight excluding hydrogens is 409 g/mol. The molecule has 0 nitrogen and oxygen atoms in total. The number of hydrogen-bond acceptors (Lipinski definition) is 0. The van der Waals surface area contributed by atoms with Crippen LogP contribution in [0.4, 0.5) is 30.7 Å². The molecule has 2 aromatic rings. The van der Waals surface area contributed by atoms with Crippen molar-refractivity contribution in [1.82, 2.24) is 0 Å². The summed E-state index contributed by atoms with van der Waals surface area (Å²) >= 11 is 0. The first-order valence-electron chi connectivity index (χ1n) is 9.78. The van der Waals surface area contributed by atoms with Crippen LogP contribution in [0.2, 0.25) is 0 Å². The lowest BCUT2D eigenvalue weighted by Crippen LogP contribution is -2.35. The number of allylic oxidation sites excluding steroid dienone is 1. The molecule has 160 valence electrons. The van der Waals surface area contributed by atoms with E-state index in [2.05, 4.69) is 6.58 Å². The SMILES string of the molecule is C=C[C@@H]1CC[C@H]2c3cc(F)cc(F)c3CC[C@@H]2[C@H]1c1cc(F)c(C(F)(F)F)c(F)c1. The summed E-state index contributed by atoms with van der Waals surface area (Å²) < 4.78 is 95.6. The normalized spacial score (nSPS) is 26.1. The van der Waals surface area contributed by atoms with Crippen molar-refractivity contribution in [2.45, 2.75) is 43.7 Å². The quantitative estimate of drug-likeness (QED) is 0.348. The van der Waals surface area contributed by atoms with Crippen LogP contribution in [0.5, 0.6) is 0 Å². The van der Waals surface area contributed by atoms with Gasteiger partial charge in [-0.25, -0.2) is 17.6 Å². The van der Waals surface area contributed by atoms with Gasteiger partial charge in [0.15, 0.2) is 0 Å². The van der Waals surface area contributed by atoms with E-state index in [1.807, 2.05) is 0 Å². The van der Waals surface area contributed by atoms with Gasteiger partial charge in [0.25, 0.3) is 0 Å². The van der Waals surface area contributed by atoms with Crippen LogP contribution in [0.15, 0.2) is 36.9 Å². The molecule has 4 atom stereocenters. The zero-order valence-electron chi connectivity index (χ0n) is 15.9. The van der Waals surface area contributed by atoms with Gasteiger partial charge in [0.05, 0.1) is 0 Å². The van der Waals surface area contributed by atoms with Crippen LogP contribution in [-0.2, 0) is 12.6 Å². The number of hydrogen-bond donors (Lipinski definition) is 0. The van der Waals surface area contributed by atoms with Gasteiger partial charge >= 0.3 is 6.18 Å². The zero-order chi connectivity index (χ0) is 21.8. The Kier molecular flexibility index (Phi) is 5.19. The second kappa shape index (κ2) is 7.43. The molecule has 30 heavy (non-hydrogen) atoms. The first-order chi connectivity index (χ1) is 14.1. The van der Waals surface area contributed by atoms with E-state index in [0.29, 0.717) is 36.8 Å². The third-order valence-corrected chi connectivity index (χ3v) is 6.61. The molecule has 2 aromatic carbocycles. The third kappa shape index (κ3) is 3.42. The van der Waals surface area contributed by atoms with Gasteiger partial charge in [0, 0.05) is 6.07 Å². The molecule has 1 fully saturated rings. The predicted molar refractivity (Wildman–Crippen MR) is 97.9 cm³/mol. The van der Waals surface area contributed by atoms with Gasteiger partial charge in [-0.05, 0) is 84.2 Å². The van der Waals surface area contributed by atoms with Gasteiger partial charge in [0.1, 0.15) is 28.8 Å². The Balaban J connectivity index is 1.80. The van der Waals surface area contributed by atoms with Crippen LogP contribution in [0.3, 0.4) is 0 Å². The monoisotopic (exact) mass is 428 g/mol. The van der Waals surface area contributed by atoms with Gasteiger partial charge in [-0.15, -0.1) is 6.58 Å². The minimum absolute atomic E-state index is 0.123. The van der Waals surface area contributed by atoms with Gasteiger partial charge in [-0.1, -0.05) is 6.08 Å². The molecule has 0 N–H and O–H groups in total. The van der Waals surface area contributed by atoms with E-state index in [1.54, 1.807) is 6.08 Å². The second-order valence-electron chi connectivity index (χ2n) is 8.12. The van der Waals surface area contributed by atoms with E-state index in [1.165, 1.54) is 6.07 Å². The standard InChI is InChI=1S/C23H19F7/c1-2-11-3-4-14-16(6-5-15-17(14)9-13(24)10-18(15)25)21(11)12-7-19(26)22(20(27)8-12)23(28,29)30/h2,7-11,14,16,21H,1,3-6H2/t11-,14-,16+,21-/m1/s1. The number of alkyl halides is 3. The van der Waals surface area contributed by atoms with Crippen molar-refractivity contribution in [2.75, 3.05) is 0 Å². The van der Waals surface area contributed by atoms with E-state index in [4.69, 9.17) is 0 Å². The lowest BCUT2D eigenvalue weighted by Gasteiger charge is -2.46. The number of rotatable bonds is 2. The molecule has 0 aliphatic heterocycles.